The van der Waals surface area contributed by atoms with E-state index < -0.39 is 0 Å². The first-order chi connectivity index (χ1) is 5.88. The molecule has 0 aliphatic carbocycles. The highest BCUT2D eigenvalue weighted by molar-refractivity contribution is 5.97. The molecule has 3 heteroatoms. The van der Waals surface area contributed by atoms with Gasteiger partial charge < -0.3 is 9.73 Å². The van der Waals surface area contributed by atoms with Gasteiger partial charge in [0.1, 0.15) is 0 Å². The maximum atomic E-state index is 11.6. The lowest BCUT2D eigenvalue weighted by atomic mass is 10.1. The molecule has 0 spiro atoms. The average Bonchev–Trinajstić information content (AvgIpc) is 2.77. The molecule has 1 saturated heterocycles. The van der Waals surface area contributed by atoms with E-state index in [9.17, 15) is 4.79 Å². The van der Waals surface area contributed by atoms with Crippen molar-refractivity contribution >= 4 is 5.78 Å². The van der Waals surface area contributed by atoms with Crippen LogP contribution in [0.4, 0.5) is 0 Å². The molecule has 1 atom stereocenters. The van der Waals surface area contributed by atoms with Crippen molar-refractivity contribution in [2.45, 2.75) is 18.9 Å². The molecule has 1 aromatic heterocycles. The maximum absolute atomic E-state index is 11.6. The van der Waals surface area contributed by atoms with Crippen molar-refractivity contribution in [2.75, 3.05) is 6.54 Å². The van der Waals surface area contributed by atoms with E-state index in [2.05, 4.69) is 5.32 Å². The standard InChI is InChI=1S/C9H11NO2/c11-9(7-3-1-5-10-7)8-4-2-6-12-8/h2,4,6-7,10H,1,3,5H2. The van der Waals surface area contributed by atoms with Gasteiger partial charge in [0.05, 0.1) is 12.3 Å². The van der Waals surface area contributed by atoms with E-state index in [4.69, 9.17) is 4.42 Å². The van der Waals surface area contributed by atoms with Gasteiger partial charge in [0.15, 0.2) is 5.76 Å². The molecule has 3 nitrogen and oxygen atoms in total. The molecule has 1 unspecified atom stereocenters. The van der Waals surface area contributed by atoms with Gasteiger partial charge in [-0.25, -0.2) is 0 Å². The molecule has 2 heterocycles. The number of hydrogen-bond donors (Lipinski definition) is 1. The quantitative estimate of drug-likeness (QED) is 0.670. The number of Topliss-reactive ketones (excluding diaryl/α,β-unsaturated/α-hetero) is 1. The molecule has 0 saturated carbocycles. The summed E-state index contributed by atoms with van der Waals surface area (Å²) in [4.78, 5) is 11.6. The zero-order valence-electron chi connectivity index (χ0n) is 6.75. The van der Waals surface area contributed by atoms with Crippen molar-refractivity contribution in [2.24, 2.45) is 0 Å². The topological polar surface area (TPSA) is 42.2 Å². The Morgan fingerprint density at radius 1 is 1.67 bits per heavy atom. The van der Waals surface area contributed by atoms with Gasteiger partial charge in [-0.3, -0.25) is 4.79 Å². The summed E-state index contributed by atoms with van der Waals surface area (Å²) in [6, 6.07) is 3.43. The average molecular weight is 165 g/mol. The first-order valence-electron chi connectivity index (χ1n) is 4.19. The maximum Gasteiger partial charge on any atom is 0.214 e. The molecule has 0 bridgehead atoms. The number of carbonyl (C=O) groups excluding carboxylic acids is 1. The fourth-order valence-electron chi connectivity index (χ4n) is 1.50. The minimum absolute atomic E-state index is 0.0175. The summed E-state index contributed by atoms with van der Waals surface area (Å²) < 4.78 is 5.02. The van der Waals surface area contributed by atoms with Crippen LogP contribution < -0.4 is 5.32 Å². The van der Waals surface area contributed by atoms with Crippen molar-refractivity contribution in [3.8, 4) is 0 Å². The van der Waals surface area contributed by atoms with E-state index in [1.807, 2.05) is 0 Å². The van der Waals surface area contributed by atoms with E-state index in [0.29, 0.717) is 5.76 Å². The monoisotopic (exact) mass is 165 g/mol. The molecule has 0 radical (unpaired) electrons. The van der Waals surface area contributed by atoms with Crippen LogP contribution in [0.2, 0.25) is 0 Å². The van der Waals surface area contributed by atoms with Crippen molar-refractivity contribution < 1.29 is 9.21 Å². The van der Waals surface area contributed by atoms with Crippen molar-refractivity contribution in [3.05, 3.63) is 24.2 Å². The summed E-state index contributed by atoms with van der Waals surface area (Å²) in [5, 5.41) is 3.14. The molecule has 1 aliphatic rings. The lowest BCUT2D eigenvalue weighted by Gasteiger charge is -2.04. The van der Waals surface area contributed by atoms with Crippen LogP contribution in [0.3, 0.4) is 0 Å². The molecule has 12 heavy (non-hydrogen) atoms. The van der Waals surface area contributed by atoms with E-state index in [1.54, 1.807) is 12.1 Å². The van der Waals surface area contributed by atoms with Crippen LogP contribution in [0.15, 0.2) is 22.8 Å². The Morgan fingerprint density at radius 2 is 2.58 bits per heavy atom. The van der Waals surface area contributed by atoms with Crippen LogP contribution in [0.1, 0.15) is 23.4 Å². The second-order valence-corrected chi connectivity index (χ2v) is 2.99. The predicted molar refractivity (Wildman–Crippen MR) is 44.1 cm³/mol. The first kappa shape index (κ1) is 7.55. The Kier molecular flexibility index (Phi) is 1.96. The van der Waals surface area contributed by atoms with Gasteiger partial charge in [-0.05, 0) is 31.5 Å². The van der Waals surface area contributed by atoms with E-state index in [1.165, 1.54) is 6.26 Å². The van der Waals surface area contributed by atoms with Gasteiger partial charge in [-0.1, -0.05) is 0 Å². The predicted octanol–water partition coefficient (Wildman–Crippen LogP) is 1.21. The van der Waals surface area contributed by atoms with Crippen molar-refractivity contribution in [3.63, 3.8) is 0 Å². The first-order valence-corrected chi connectivity index (χ1v) is 4.19. The molecule has 64 valence electrons. The minimum atomic E-state index is -0.0175. The summed E-state index contributed by atoms with van der Waals surface area (Å²) in [6.45, 7) is 0.942. The SMILES string of the molecule is O=C(c1ccco1)C1CCCN1. The summed E-state index contributed by atoms with van der Waals surface area (Å²) >= 11 is 0. The molecule has 1 aliphatic heterocycles. The summed E-state index contributed by atoms with van der Waals surface area (Å²) in [6.07, 6.45) is 3.54. The number of furan rings is 1. The fraction of sp³-hybridized carbons (Fsp3) is 0.444. The Bertz CT molecular complexity index is 260. The van der Waals surface area contributed by atoms with Crippen LogP contribution in [-0.4, -0.2) is 18.4 Å². The van der Waals surface area contributed by atoms with Crippen LogP contribution in [-0.2, 0) is 0 Å². The van der Waals surface area contributed by atoms with Crippen molar-refractivity contribution in [1.82, 2.24) is 5.32 Å². The van der Waals surface area contributed by atoms with Gasteiger partial charge in [-0.15, -0.1) is 0 Å². The number of hydrogen-bond acceptors (Lipinski definition) is 3. The second-order valence-electron chi connectivity index (χ2n) is 2.99. The van der Waals surface area contributed by atoms with E-state index in [-0.39, 0.29) is 11.8 Å². The van der Waals surface area contributed by atoms with Crippen LogP contribution in [0.25, 0.3) is 0 Å². The highest BCUT2D eigenvalue weighted by atomic mass is 16.3. The van der Waals surface area contributed by atoms with Crippen LogP contribution in [0, 0.1) is 0 Å². The van der Waals surface area contributed by atoms with Gasteiger partial charge in [-0.2, -0.15) is 0 Å². The zero-order chi connectivity index (χ0) is 8.39. The molecule has 0 aromatic carbocycles. The minimum Gasteiger partial charge on any atom is -0.461 e. The van der Waals surface area contributed by atoms with Gasteiger partial charge in [0.25, 0.3) is 0 Å². The Morgan fingerprint density at radius 3 is 3.17 bits per heavy atom. The zero-order valence-corrected chi connectivity index (χ0v) is 6.75. The smallest absolute Gasteiger partial charge is 0.214 e. The second kappa shape index (κ2) is 3.11. The number of carbonyl (C=O) groups is 1. The normalized spacial score (nSPS) is 22.8. The lowest BCUT2D eigenvalue weighted by molar-refractivity contribution is 0.0925. The van der Waals surface area contributed by atoms with Gasteiger partial charge in [0.2, 0.25) is 5.78 Å². The van der Waals surface area contributed by atoms with Gasteiger partial charge >= 0.3 is 0 Å². The molecule has 1 aromatic rings. The highest BCUT2D eigenvalue weighted by Crippen LogP contribution is 2.12. The highest BCUT2D eigenvalue weighted by Gasteiger charge is 2.24. The van der Waals surface area contributed by atoms with Gasteiger partial charge in [0, 0.05) is 0 Å². The molecule has 1 N–H and O–H groups in total. The number of ketones is 1. The largest absolute Gasteiger partial charge is 0.461 e. The molecule has 1 fully saturated rings. The van der Waals surface area contributed by atoms with E-state index >= 15 is 0 Å². The molecular formula is C9H11NO2. The van der Waals surface area contributed by atoms with Crippen LogP contribution >= 0.6 is 0 Å². The summed E-state index contributed by atoms with van der Waals surface area (Å²) in [5.41, 5.74) is 0. The third-order valence-electron chi connectivity index (χ3n) is 2.14. The summed E-state index contributed by atoms with van der Waals surface area (Å²) in [5.74, 6) is 0.548. The molecule has 2 rings (SSSR count). The summed E-state index contributed by atoms with van der Waals surface area (Å²) in [7, 11) is 0. The van der Waals surface area contributed by atoms with E-state index in [0.717, 1.165) is 19.4 Å². The third kappa shape index (κ3) is 1.28. The Hall–Kier alpha value is -1.09. The Balaban J connectivity index is 2.09. The third-order valence-corrected chi connectivity index (χ3v) is 2.14. The number of rotatable bonds is 2. The fourth-order valence-corrected chi connectivity index (χ4v) is 1.50. The molecular weight excluding hydrogens is 154 g/mol. The van der Waals surface area contributed by atoms with Crippen molar-refractivity contribution in [1.29, 1.82) is 0 Å². The van der Waals surface area contributed by atoms with Crippen LogP contribution in [0.5, 0.6) is 0 Å². The number of nitrogens with one attached hydrogen (secondary N) is 1. The Labute approximate surface area is 70.8 Å². The molecule has 0 amide bonds. The lowest BCUT2D eigenvalue weighted by Crippen LogP contribution is -2.30.